The highest BCUT2D eigenvalue weighted by atomic mass is 35.5. The molecule has 1 atom stereocenters. The number of rotatable bonds is 10. The summed E-state index contributed by atoms with van der Waals surface area (Å²) in [5.74, 6) is -1.04. The number of ether oxygens (including phenoxy) is 1. The predicted molar refractivity (Wildman–Crippen MR) is 129 cm³/mol. The van der Waals surface area contributed by atoms with Crippen LogP contribution in [0.4, 0.5) is 28.2 Å². The van der Waals surface area contributed by atoms with E-state index in [1.54, 1.807) is 6.07 Å². The lowest BCUT2D eigenvalue weighted by atomic mass is 9.98. The number of pyridine rings is 1. The summed E-state index contributed by atoms with van der Waals surface area (Å²) in [4.78, 5) is 17.8. The quantitative estimate of drug-likeness (QED) is 0.316. The number of carbonyl (C=O) groups is 1. The van der Waals surface area contributed by atoms with Crippen molar-refractivity contribution < 1.29 is 32.2 Å². The summed E-state index contributed by atoms with van der Waals surface area (Å²) < 4.78 is 59.6. The van der Waals surface area contributed by atoms with Crippen LogP contribution in [0.5, 0.6) is 0 Å². The summed E-state index contributed by atoms with van der Waals surface area (Å²) in [7, 11) is 0. The zero-order chi connectivity index (χ0) is 26.5. The fraction of sp³-hybridized carbons (Fsp3) is 0.360. The molecule has 0 radical (unpaired) electrons. The van der Waals surface area contributed by atoms with Crippen LogP contribution in [0.2, 0.25) is 5.02 Å². The molecule has 3 rings (SSSR count). The normalized spacial score (nSPS) is 12.8. The van der Waals surface area contributed by atoms with Crippen molar-refractivity contribution in [2.24, 2.45) is 0 Å². The zero-order valence-corrected chi connectivity index (χ0v) is 20.4. The van der Waals surface area contributed by atoms with Gasteiger partial charge in [-0.2, -0.15) is 0 Å². The predicted octanol–water partition coefficient (Wildman–Crippen LogP) is 6.01. The van der Waals surface area contributed by atoms with Gasteiger partial charge in [-0.3, -0.25) is 10.2 Å². The molecule has 0 saturated carbocycles. The second-order valence-corrected chi connectivity index (χ2v) is 9.37. The Morgan fingerprint density at radius 3 is 2.64 bits per heavy atom. The maximum absolute atomic E-state index is 13.9. The maximum atomic E-state index is 13.9. The molecule has 0 spiro atoms. The van der Waals surface area contributed by atoms with Gasteiger partial charge in [0, 0.05) is 24.2 Å². The van der Waals surface area contributed by atoms with Crippen molar-refractivity contribution in [1.29, 1.82) is 0 Å². The van der Waals surface area contributed by atoms with Gasteiger partial charge >= 0.3 is 6.09 Å². The first-order valence-electron chi connectivity index (χ1n) is 11.1. The number of aliphatic hydroxyl groups is 1. The molecule has 194 valence electrons. The van der Waals surface area contributed by atoms with Crippen molar-refractivity contribution in [3.8, 4) is 0 Å². The molecule has 36 heavy (non-hydrogen) atoms. The summed E-state index contributed by atoms with van der Waals surface area (Å²) in [6, 6.07) is 8.79. The van der Waals surface area contributed by atoms with Crippen molar-refractivity contribution >= 4 is 34.3 Å². The lowest BCUT2D eigenvalue weighted by molar-refractivity contribution is -0.0104. The van der Waals surface area contributed by atoms with Crippen molar-refractivity contribution in [1.82, 2.24) is 9.88 Å². The third-order valence-corrected chi connectivity index (χ3v) is 5.77. The summed E-state index contributed by atoms with van der Waals surface area (Å²) >= 11 is 6.02. The van der Waals surface area contributed by atoms with Gasteiger partial charge in [-0.1, -0.05) is 23.7 Å². The molecule has 2 aromatic carbocycles. The van der Waals surface area contributed by atoms with Crippen molar-refractivity contribution in [3.05, 3.63) is 70.9 Å². The van der Waals surface area contributed by atoms with E-state index in [2.05, 4.69) is 10.3 Å². The van der Waals surface area contributed by atoms with Crippen molar-refractivity contribution in [2.45, 2.75) is 44.9 Å². The number of hydrogen-bond acceptors (Lipinski definition) is 5. The summed E-state index contributed by atoms with van der Waals surface area (Å²) in [6.07, 6.45) is -2.25. The Morgan fingerprint density at radius 1 is 1.19 bits per heavy atom. The van der Waals surface area contributed by atoms with E-state index in [1.807, 2.05) is 0 Å². The van der Waals surface area contributed by atoms with Gasteiger partial charge in [-0.05, 0) is 61.5 Å². The average molecular weight is 528 g/mol. The molecule has 3 aromatic rings. The molecule has 1 amide bonds. The number of benzene rings is 2. The van der Waals surface area contributed by atoms with Crippen molar-refractivity contribution in [2.75, 3.05) is 18.5 Å². The molecule has 1 aromatic heterocycles. The van der Waals surface area contributed by atoms with Gasteiger partial charge in [0.1, 0.15) is 24.1 Å². The molecular weight excluding hydrogens is 502 g/mol. The number of fused-ring (bicyclic) bond motifs is 1. The van der Waals surface area contributed by atoms with E-state index < -0.39 is 42.3 Å². The number of aromatic nitrogens is 1. The molecule has 0 unspecified atom stereocenters. The number of nitrogens with zero attached hydrogens (tertiary/aromatic N) is 2. The lowest BCUT2D eigenvalue weighted by Gasteiger charge is -2.34. The molecule has 0 aliphatic rings. The number of nitrogens with one attached hydrogen (secondary N) is 1. The van der Waals surface area contributed by atoms with E-state index in [-0.39, 0.29) is 36.0 Å². The van der Waals surface area contributed by atoms with Crippen LogP contribution >= 0.6 is 11.6 Å². The SMILES string of the molecule is CC(C)(O)C[C@@H](COC(=O)Nc1cc2cc(F)ccc2cn1)N(Cc1cccc(F)c1Cl)CC(F)F. The van der Waals surface area contributed by atoms with Gasteiger partial charge in [-0.25, -0.2) is 27.3 Å². The highest BCUT2D eigenvalue weighted by Crippen LogP contribution is 2.25. The van der Waals surface area contributed by atoms with E-state index in [0.717, 1.165) is 6.07 Å². The second-order valence-electron chi connectivity index (χ2n) is 8.99. The third kappa shape index (κ3) is 8.04. The fourth-order valence-corrected chi connectivity index (χ4v) is 3.96. The van der Waals surface area contributed by atoms with Crippen LogP contribution < -0.4 is 5.32 Å². The zero-order valence-electron chi connectivity index (χ0n) is 19.6. The number of alkyl halides is 2. The monoisotopic (exact) mass is 527 g/mol. The van der Waals surface area contributed by atoms with Crippen LogP contribution in [-0.4, -0.2) is 52.3 Å². The molecule has 0 fully saturated rings. The third-order valence-electron chi connectivity index (χ3n) is 5.35. The fourth-order valence-electron chi connectivity index (χ4n) is 3.77. The van der Waals surface area contributed by atoms with Gasteiger partial charge in [0.2, 0.25) is 0 Å². The van der Waals surface area contributed by atoms with Gasteiger partial charge in [0.25, 0.3) is 6.43 Å². The van der Waals surface area contributed by atoms with Gasteiger partial charge in [0.15, 0.2) is 0 Å². The minimum Gasteiger partial charge on any atom is -0.448 e. The smallest absolute Gasteiger partial charge is 0.412 e. The Hall–Kier alpha value is -2.95. The van der Waals surface area contributed by atoms with Gasteiger partial charge in [-0.15, -0.1) is 0 Å². The Bertz CT molecular complexity index is 1210. The number of carbonyl (C=O) groups excluding carboxylic acids is 1. The molecule has 2 N–H and O–H groups in total. The Labute approximate surface area is 210 Å². The Morgan fingerprint density at radius 2 is 1.94 bits per heavy atom. The molecule has 0 aliphatic heterocycles. The largest absolute Gasteiger partial charge is 0.448 e. The standard InChI is InChI=1S/C25H26ClF4N3O3/c1-25(2,35)10-19(33(13-21(29)30)12-16-4-3-5-20(28)23(16)26)14-36-24(34)32-22-9-17-8-18(27)7-6-15(17)11-31-22/h3-9,11,19,21,35H,10,12-14H2,1-2H3,(H,31,32,34)/t19-/m0/s1. The number of anilines is 1. The Balaban J connectivity index is 1.75. The average Bonchev–Trinajstić information content (AvgIpc) is 2.78. The molecule has 0 saturated heterocycles. The van der Waals surface area contributed by atoms with Crippen LogP contribution in [0, 0.1) is 11.6 Å². The van der Waals surface area contributed by atoms with E-state index in [0.29, 0.717) is 10.8 Å². The van der Waals surface area contributed by atoms with E-state index in [9.17, 15) is 27.5 Å². The minimum atomic E-state index is -2.75. The maximum Gasteiger partial charge on any atom is 0.412 e. The molecule has 11 heteroatoms. The molecule has 0 bridgehead atoms. The molecule has 1 heterocycles. The van der Waals surface area contributed by atoms with Gasteiger partial charge in [0.05, 0.1) is 17.2 Å². The first-order valence-corrected chi connectivity index (χ1v) is 11.5. The van der Waals surface area contributed by atoms with Crippen LogP contribution in [-0.2, 0) is 11.3 Å². The lowest BCUT2D eigenvalue weighted by Crippen LogP contribution is -2.45. The first-order chi connectivity index (χ1) is 16.9. The second kappa shape index (κ2) is 11.9. The molecular formula is C25H26ClF4N3O3. The molecule has 6 nitrogen and oxygen atoms in total. The van der Waals surface area contributed by atoms with Crippen LogP contribution in [0.15, 0.2) is 48.7 Å². The number of halogens is 5. The van der Waals surface area contributed by atoms with E-state index in [1.165, 1.54) is 55.3 Å². The topological polar surface area (TPSA) is 74.7 Å². The number of amides is 1. The summed E-state index contributed by atoms with van der Waals surface area (Å²) in [6.45, 7) is 1.74. The Kier molecular flexibility index (Phi) is 9.10. The summed E-state index contributed by atoms with van der Waals surface area (Å²) in [5, 5.41) is 13.8. The highest BCUT2D eigenvalue weighted by molar-refractivity contribution is 6.31. The van der Waals surface area contributed by atoms with Crippen LogP contribution in [0.25, 0.3) is 10.8 Å². The van der Waals surface area contributed by atoms with Crippen molar-refractivity contribution in [3.63, 3.8) is 0 Å². The minimum absolute atomic E-state index is 0.0343. The van der Waals surface area contributed by atoms with E-state index >= 15 is 0 Å². The van der Waals surface area contributed by atoms with Crippen LogP contribution in [0.3, 0.4) is 0 Å². The highest BCUT2D eigenvalue weighted by Gasteiger charge is 2.29. The molecule has 0 aliphatic carbocycles. The first kappa shape index (κ1) is 27.6. The summed E-state index contributed by atoms with van der Waals surface area (Å²) in [5.41, 5.74) is -1.02. The van der Waals surface area contributed by atoms with E-state index in [4.69, 9.17) is 16.3 Å². The van der Waals surface area contributed by atoms with Crippen LogP contribution in [0.1, 0.15) is 25.8 Å². The number of hydrogen-bond donors (Lipinski definition) is 2. The van der Waals surface area contributed by atoms with Gasteiger partial charge < -0.3 is 9.84 Å².